The van der Waals surface area contributed by atoms with Crippen molar-refractivity contribution in [3.05, 3.63) is 12.2 Å². The van der Waals surface area contributed by atoms with Crippen molar-refractivity contribution in [3.8, 4) is 0 Å². The van der Waals surface area contributed by atoms with Crippen LogP contribution in [0.2, 0.25) is 0 Å². The van der Waals surface area contributed by atoms with Crippen LogP contribution >= 0.6 is 0 Å². The van der Waals surface area contributed by atoms with Crippen LogP contribution in [0.5, 0.6) is 0 Å². The Morgan fingerprint density at radius 2 is 2.08 bits per heavy atom. The molecule has 0 saturated carbocycles. The summed E-state index contributed by atoms with van der Waals surface area (Å²) in [5, 5.41) is 3.22. The molecule has 0 heterocycles. The second-order valence-corrected chi connectivity index (χ2v) is 3.29. The molecule has 0 fully saturated rings. The molecular formula is C11H23NO. The Morgan fingerprint density at radius 1 is 1.31 bits per heavy atom. The molecule has 2 heteroatoms. The van der Waals surface area contributed by atoms with E-state index < -0.39 is 0 Å². The highest BCUT2D eigenvalue weighted by Crippen LogP contribution is 1.96. The number of nitrogens with one attached hydrogen (secondary N) is 1. The summed E-state index contributed by atoms with van der Waals surface area (Å²) < 4.78 is 5.46. The Labute approximate surface area is 82.4 Å². The van der Waals surface area contributed by atoms with Crippen LogP contribution < -0.4 is 5.32 Å². The van der Waals surface area contributed by atoms with Gasteiger partial charge >= 0.3 is 0 Å². The second-order valence-electron chi connectivity index (χ2n) is 3.29. The minimum absolute atomic E-state index is 0.705. The lowest BCUT2D eigenvalue weighted by atomic mass is 10.3. The highest BCUT2D eigenvalue weighted by molar-refractivity contribution is 4.96. The van der Waals surface area contributed by atoms with Crippen LogP contribution in [0.15, 0.2) is 12.2 Å². The lowest BCUT2D eigenvalue weighted by Gasteiger charge is -2.06. The molecule has 0 spiro atoms. The Hall–Kier alpha value is -0.340. The molecule has 0 rings (SSSR count). The van der Waals surface area contributed by atoms with Crippen molar-refractivity contribution >= 4 is 0 Å². The fraction of sp³-hybridized carbons (Fsp3) is 0.818. The maximum absolute atomic E-state index is 5.46. The number of hydrogen-bond acceptors (Lipinski definition) is 2. The van der Waals surface area contributed by atoms with Gasteiger partial charge in [0.05, 0.1) is 6.61 Å². The maximum atomic E-state index is 5.46. The van der Waals surface area contributed by atoms with E-state index >= 15 is 0 Å². The van der Waals surface area contributed by atoms with Crippen molar-refractivity contribution < 1.29 is 4.74 Å². The first-order valence-electron chi connectivity index (χ1n) is 5.26. The Bertz CT molecular complexity index is 123. The van der Waals surface area contributed by atoms with Gasteiger partial charge in [-0.2, -0.15) is 0 Å². The van der Waals surface area contributed by atoms with Crippen LogP contribution in [0.25, 0.3) is 0 Å². The summed E-state index contributed by atoms with van der Waals surface area (Å²) in [5.74, 6) is 0. The van der Waals surface area contributed by atoms with Gasteiger partial charge in [0.2, 0.25) is 0 Å². The third-order valence-electron chi connectivity index (χ3n) is 1.82. The van der Waals surface area contributed by atoms with E-state index in [-0.39, 0.29) is 0 Å². The van der Waals surface area contributed by atoms with Gasteiger partial charge in [-0.15, -0.1) is 0 Å². The molecule has 0 aliphatic rings. The minimum atomic E-state index is 0.705. The molecule has 1 N–H and O–H groups in total. The summed E-state index contributed by atoms with van der Waals surface area (Å²) in [6.07, 6.45) is 3.69. The molecule has 0 aromatic carbocycles. The largest absolute Gasteiger partial charge is 0.377 e. The highest BCUT2D eigenvalue weighted by atomic mass is 16.5. The number of hydrogen-bond donors (Lipinski definition) is 1. The Kier molecular flexibility index (Phi) is 9.49. The fourth-order valence-electron chi connectivity index (χ4n) is 1.02. The van der Waals surface area contributed by atoms with Gasteiger partial charge in [-0.1, -0.05) is 33.3 Å². The van der Waals surface area contributed by atoms with Crippen LogP contribution in [-0.4, -0.2) is 26.3 Å². The maximum Gasteiger partial charge on any atom is 0.0686 e. The molecule has 0 amide bonds. The van der Waals surface area contributed by atoms with Crippen LogP contribution in [0.4, 0.5) is 0 Å². The normalized spacial score (nSPS) is 10.3. The van der Waals surface area contributed by atoms with Gasteiger partial charge in [-0.3, -0.25) is 0 Å². The molecule has 0 aliphatic carbocycles. The number of ether oxygens (including phenoxy) is 1. The molecule has 0 aromatic rings. The summed E-state index contributed by atoms with van der Waals surface area (Å²) in [4.78, 5) is 0. The van der Waals surface area contributed by atoms with Crippen LogP contribution in [0.1, 0.15) is 33.1 Å². The minimum Gasteiger partial charge on any atom is -0.377 e. The molecule has 0 unspecified atom stereocenters. The SMILES string of the molecule is C=C(CNCC)COCCCCC. The smallest absolute Gasteiger partial charge is 0.0686 e. The highest BCUT2D eigenvalue weighted by Gasteiger charge is 1.93. The average Bonchev–Trinajstić information content (AvgIpc) is 2.14. The summed E-state index contributed by atoms with van der Waals surface area (Å²) >= 11 is 0. The van der Waals surface area contributed by atoms with Crippen molar-refractivity contribution in [1.29, 1.82) is 0 Å². The molecule has 0 radical (unpaired) electrons. The van der Waals surface area contributed by atoms with Gasteiger partial charge in [0.25, 0.3) is 0 Å². The van der Waals surface area contributed by atoms with E-state index in [0.717, 1.165) is 25.3 Å². The molecule has 0 saturated heterocycles. The summed E-state index contributed by atoms with van der Waals surface area (Å²) in [5.41, 5.74) is 1.14. The standard InChI is InChI=1S/C11H23NO/c1-4-6-7-8-13-10-11(3)9-12-5-2/h12H,3-10H2,1-2H3. The van der Waals surface area contributed by atoms with Crippen molar-refractivity contribution in [3.63, 3.8) is 0 Å². The van der Waals surface area contributed by atoms with E-state index in [2.05, 4.69) is 25.7 Å². The molecule has 13 heavy (non-hydrogen) atoms. The van der Waals surface area contributed by atoms with Crippen molar-refractivity contribution in [2.45, 2.75) is 33.1 Å². The van der Waals surface area contributed by atoms with Gasteiger partial charge < -0.3 is 10.1 Å². The average molecular weight is 185 g/mol. The van der Waals surface area contributed by atoms with Gasteiger partial charge in [0, 0.05) is 13.2 Å². The van der Waals surface area contributed by atoms with Gasteiger partial charge in [0.1, 0.15) is 0 Å². The zero-order chi connectivity index (χ0) is 9.94. The topological polar surface area (TPSA) is 21.3 Å². The van der Waals surface area contributed by atoms with E-state index in [4.69, 9.17) is 4.74 Å². The third-order valence-corrected chi connectivity index (χ3v) is 1.82. The van der Waals surface area contributed by atoms with Gasteiger partial charge in [-0.25, -0.2) is 0 Å². The quantitative estimate of drug-likeness (QED) is 0.440. The lowest BCUT2D eigenvalue weighted by molar-refractivity contribution is 0.150. The Balaban J connectivity index is 3.08. The first kappa shape index (κ1) is 12.7. The predicted octanol–water partition coefficient (Wildman–Crippen LogP) is 2.36. The van der Waals surface area contributed by atoms with Gasteiger partial charge in [0.15, 0.2) is 0 Å². The predicted molar refractivity (Wildman–Crippen MR) is 58.0 cm³/mol. The molecule has 0 aromatic heterocycles. The molecule has 0 aliphatic heterocycles. The number of unbranched alkanes of at least 4 members (excludes halogenated alkanes) is 2. The second kappa shape index (κ2) is 9.75. The van der Waals surface area contributed by atoms with Crippen molar-refractivity contribution in [2.24, 2.45) is 0 Å². The molecular weight excluding hydrogens is 162 g/mol. The third kappa shape index (κ3) is 9.57. The fourth-order valence-corrected chi connectivity index (χ4v) is 1.02. The molecule has 0 atom stereocenters. The van der Waals surface area contributed by atoms with E-state index in [1.165, 1.54) is 19.3 Å². The first-order chi connectivity index (χ1) is 6.31. The molecule has 78 valence electrons. The molecule has 0 bridgehead atoms. The van der Waals surface area contributed by atoms with E-state index in [1.807, 2.05) is 0 Å². The van der Waals surface area contributed by atoms with Crippen molar-refractivity contribution in [2.75, 3.05) is 26.3 Å². The summed E-state index contributed by atoms with van der Waals surface area (Å²) in [6, 6.07) is 0. The van der Waals surface area contributed by atoms with Crippen LogP contribution in [-0.2, 0) is 4.74 Å². The summed E-state index contributed by atoms with van der Waals surface area (Å²) in [6.45, 7) is 11.7. The monoisotopic (exact) mass is 185 g/mol. The van der Waals surface area contributed by atoms with Crippen LogP contribution in [0, 0.1) is 0 Å². The van der Waals surface area contributed by atoms with Crippen LogP contribution in [0.3, 0.4) is 0 Å². The zero-order valence-electron chi connectivity index (χ0n) is 9.07. The van der Waals surface area contributed by atoms with E-state index in [0.29, 0.717) is 6.61 Å². The number of rotatable bonds is 9. The van der Waals surface area contributed by atoms with E-state index in [1.54, 1.807) is 0 Å². The summed E-state index contributed by atoms with van der Waals surface area (Å²) in [7, 11) is 0. The van der Waals surface area contributed by atoms with Gasteiger partial charge in [-0.05, 0) is 18.5 Å². The Morgan fingerprint density at radius 3 is 2.69 bits per heavy atom. The number of likely N-dealkylation sites (N-methyl/N-ethyl adjacent to an activating group) is 1. The van der Waals surface area contributed by atoms with E-state index in [9.17, 15) is 0 Å². The molecule has 2 nitrogen and oxygen atoms in total. The zero-order valence-corrected chi connectivity index (χ0v) is 9.07. The van der Waals surface area contributed by atoms with Crippen molar-refractivity contribution in [1.82, 2.24) is 5.32 Å². The lowest BCUT2D eigenvalue weighted by Crippen LogP contribution is -2.18. The first-order valence-corrected chi connectivity index (χ1v) is 5.26.